The number of nitrogens with zero attached hydrogens (tertiary/aromatic N) is 3. The van der Waals surface area contributed by atoms with Crippen molar-refractivity contribution in [3.8, 4) is 0 Å². The van der Waals surface area contributed by atoms with Crippen molar-refractivity contribution in [1.29, 1.82) is 0 Å². The van der Waals surface area contributed by atoms with Gasteiger partial charge in [-0.2, -0.15) is 0 Å². The Morgan fingerprint density at radius 3 is 2.36 bits per heavy atom. The SMILES string of the molecule is CC(=O)N(CCCc1ccccc1)CCC(=O)N1CCN(C=O)CC1. The highest BCUT2D eigenvalue weighted by Crippen LogP contribution is 2.06. The van der Waals surface area contributed by atoms with Crippen LogP contribution in [0.4, 0.5) is 0 Å². The Morgan fingerprint density at radius 1 is 1.08 bits per heavy atom. The number of carbonyl (C=O) groups is 3. The van der Waals surface area contributed by atoms with E-state index in [1.54, 1.807) is 21.6 Å². The number of carbonyl (C=O) groups excluding carboxylic acids is 3. The minimum absolute atomic E-state index is 0.00614. The molecule has 0 radical (unpaired) electrons. The summed E-state index contributed by atoms with van der Waals surface area (Å²) in [6.07, 6.45) is 2.97. The maximum absolute atomic E-state index is 12.3. The second kappa shape index (κ2) is 9.81. The van der Waals surface area contributed by atoms with Crippen molar-refractivity contribution in [2.75, 3.05) is 39.3 Å². The molecule has 0 bridgehead atoms. The van der Waals surface area contributed by atoms with Crippen LogP contribution in [-0.4, -0.2) is 72.2 Å². The predicted molar refractivity (Wildman–Crippen MR) is 95.9 cm³/mol. The predicted octanol–water partition coefficient (Wildman–Crippen LogP) is 1.16. The molecule has 0 aromatic heterocycles. The number of hydrogen-bond donors (Lipinski definition) is 0. The first-order valence-electron chi connectivity index (χ1n) is 8.86. The molecule has 0 aliphatic carbocycles. The third-order valence-corrected chi connectivity index (χ3v) is 4.59. The standard InChI is InChI=1S/C19H27N3O3/c1-17(24)21(10-5-8-18-6-3-2-4-7-18)11-9-19(25)22-14-12-20(16-23)13-15-22/h2-4,6-7,16H,5,8-15H2,1H3. The third-order valence-electron chi connectivity index (χ3n) is 4.59. The van der Waals surface area contributed by atoms with E-state index in [1.165, 1.54) is 5.56 Å². The van der Waals surface area contributed by atoms with Crippen LogP contribution in [0.15, 0.2) is 30.3 Å². The first kappa shape index (κ1) is 19.0. The average molecular weight is 345 g/mol. The zero-order valence-electron chi connectivity index (χ0n) is 14.9. The lowest BCUT2D eigenvalue weighted by Crippen LogP contribution is -2.48. The van der Waals surface area contributed by atoms with Gasteiger partial charge in [0.1, 0.15) is 0 Å². The molecule has 0 spiro atoms. The lowest BCUT2D eigenvalue weighted by molar-refractivity contribution is -0.136. The lowest BCUT2D eigenvalue weighted by Gasteiger charge is -2.33. The Bertz CT molecular complexity index is 569. The fourth-order valence-electron chi connectivity index (χ4n) is 3.01. The summed E-state index contributed by atoms with van der Waals surface area (Å²) in [5.74, 6) is 0.0616. The first-order chi connectivity index (χ1) is 12.1. The van der Waals surface area contributed by atoms with E-state index in [0.29, 0.717) is 45.7 Å². The Morgan fingerprint density at radius 2 is 1.76 bits per heavy atom. The summed E-state index contributed by atoms with van der Waals surface area (Å²) in [6, 6.07) is 10.2. The zero-order chi connectivity index (χ0) is 18.1. The molecule has 1 heterocycles. The summed E-state index contributed by atoms with van der Waals surface area (Å²) in [6.45, 7) is 4.99. The van der Waals surface area contributed by atoms with Gasteiger partial charge < -0.3 is 14.7 Å². The van der Waals surface area contributed by atoms with Gasteiger partial charge in [-0.1, -0.05) is 30.3 Å². The summed E-state index contributed by atoms with van der Waals surface area (Å²) < 4.78 is 0. The third kappa shape index (κ3) is 6.21. The van der Waals surface area contributed by atoms with Gasteiger partial charge in [0, 0.05) is 52.6 Å². The highest BCUT2D eigenvalue weighted by molar-refractivity contribution is 5.78. The molecule has 136 valence electrons. The highest BCUT2D eigenvalue weighted by Gasteiger charge is 2.21. The normalized spacial score (nSPS) is 14.3. The van der Waals surface area contributed by atoms with E-state index in [9.17, 15) is 14.4 Å². The molecule has 1 aliphatic rings. The fraction of sp³-hybridized carbons (Fsp3) is 0.526. The van der Waals surface area contributed by atoms with Gasteiger partial charge in [-0.15, -0.1) is 0 Å². The van der Waals surface area contributed by atoms with E-state index < -0.39 is 0 Å². The second-order valence-corrected chi connectivity index (χ2v) is 6.37. The summed E-state index contributed by atoms with van der Waals surface area (Å²) in [5.41, 5.74) is 1.26. The summed E-state index contributed by atoms with van der Waals surface area (Å²) in [5, 5.41) is 0. The molecule has 0 atom stereocenters. The Balaban J connectivity index is 1.72. The second-order valence-electron chi connectivity index (χ2n) is 6.37. The molecule has 1 saturated heterocycles. The van der Waals surface area contributed by atoms with Crippen LogP contribution < -0.4 is 0 Å². The average Bonchev–Trinajstić information content (AvgIpc) is 2.65. The molecule has 0 N–H and O–H groups in total. The molecule has 2 rings (SSSR count). The van der Waals surface area contributed by atoms with Crippen molar-refractivity contribution < 1.29 is 14.4 Å². The van der Waals surface area contributed by atoms with Crippen LogP contribution >= 0.6 is 0 Å². The van der Waals surface area contributed by atoms with Crippen LogP contribution in [0.1, 0.15) is 25.3 Å². The van der Waals surface area contributed by atoms with Crippen molar-refractivity contribution in [3.63, 3.8) is 0 Å². The van der Waals surface area contributed by atoms with Crippen molar-refractivity contribution in [3.05, 3.63) is 35.9 Å². The van der Waals surface area contributed by atoms with Gasteiger partial charge >= 0.3 is 0 Å². The maximum atomic E-state index is 12.3. The molecule has 6 heteroatoms. The van der Waals surface area contributed by atoms with Gasteiger partial charge in [0.2, 0.25) is 18.2 Å². The molecular formula is C19H27N3O3. The van der Waals surface area contributed by atoms with Gasteiger partial charge in [0.25, 0.3) is 0 Å². The topological polar surface area (TPSA) is 60.9 Å². The molecular weight excluding hydrogens is 318 g/mol. The van der Waals surface area contributed by atoms with E-state index in [0.717, 1.165) is 19.3 Å². The molecule has 1 aromatic carbocycles. The first-order valence-corrected chi connectivity index (χ1v) is 8.86. The van der Waals surface area contributed by atoms with Gasteiger partial charge in [-0.25, -0.2) is 0 Å². The molecule has 3 amide bonds. The summed E-state index contributed by atoms with van der Waals surface area (Å²) in [4.78, 5) is 40.0. The van der Waals surface area contributed by atoms with Crippen molar-refractivity contribution in [1.82, 2.24) is 14.7 Å². The van der Waals surface area contributed by atoms with Crippen LogP contribution in [0.2, 0.25) is 0 Å². The molecule has 0 saturated carbocycles. The van der Waals surface area contributed by atoms with Crippen LogP contribution in [0.25, 0.3) is 0 Å². The van der Waals surface area contributed by atoms with Gasteiger partial charge in [0.15, 0.2) is 0 Å². The number of benzene rings is 1. The van der Waals surface area contributed by atoms with E-state index >= 15 is 0 Å². The summed E-state index contributed by atoms with van der Waals surface area (Å²) >= 11 is 0. The van der Waals surface area contributed by atoms with Crippen LogP contribution in [0.5, 0.6) is 0 Å². The monoisotopic (exact) mass is 345 g/mol. The Labute approximate surface area is 149 Å². The Kier molecular flexibility index (Phi) is 7.44. The number of piperazine rings is 1. The Hall–Kier alpha value is -2.37. The van der Waals surface area contributed by atoms with Crippen molar-refractivity contribution in [2.24, 2.45) is 0 Å². The van der Waals surface area contributed by atoms with Crippen LogP contribution in [0.3, 0.4) is 0 Å². The minimum atomic E-state index is 0.00614. The molecule has 25 heavy (non-hydrogen) atoms. The molecule has 1 aliphatic heterocycles. The number of hydrogen-bond acceptors (Lipinski definition) is 3. The van der Waals surface area contributed by atoms with E-state index in [-0.39, 0.29) is 11.8 Å². The number of aryl methyl sites for hydroxylation is 1. The highest BCUT2D eigenvalue weighted by atomic mass is 16.2. The molecule has 1 fully saturated rings. The van der Waals surface area contributed by atoms with Gasteiger partial charge in [0.05, 0.1) is 0 Å². The van der Waals surface area contributed by atoms with Crippen LogP contribution in [-0.2, 0) is 20.8 Å². The zero-order valence-corrected chi connectivity index (χ0v) is 14.9. The smallest absolute Gasteiger partial charge is 0.224 e. The van der Waals surface area contributed by atoms with Gasteiger partial charge in [-0.3, -0.25) is 14.4 Å². The van der Waals surface area contributed by atoms with E-state index in [4.69, 9.17) is 0 Å². The minimum Gasteiger partial charge on any atom is -0.342 e. The number of rotatable bonds is 8. The van der Waals surface area contributed by atoms with Gasteiger partial charge in [-0.05, 0) is 18.4 Å². The molecule has 1 aromatic rings. The van der Waals surface area contributed by atoms with Crippen molar-refractivity contribution in [2.45, 2.75) is 26.2 Å². The quantitative estimate of drug-likeness (QED) is 0.664. The number of amides is 3. The molecule has 0 unspecified atom stereocenters. The summed E-state index contributed by atoms with van der Waals surface area (Å²) in [7, 11) is 0. The lowest BCUT2D eigenvalue weighted by atomic mass is 10.1. The van der Waals surface area contributed by atoms with E-state index in [2.05, 4.69) is 12.1 Å². The fourth-order valence-corrected chi connectivity index (χ4v) is 3.01. The van der Waals surface area contributed by atoms with Crippen molar-refractivity contribution >= 4 is 18.2 Å². The maximum Gasteiger partial charge on any atom is 0.224 e. The van der Waals surface area contributed by atoms with Crippen LogP contribution in [0, 0.1) is 0 Å². The largest absolute Gasteiger partial charge is 0.342 e. The van der Waals surface area contributed by atoms with E-state index in [1.807, 2.05) is 18.2 Å². The molecule has 6 nitrogen and oxygen atoms in total.